The van der Waals surface area contributed by atoms with Gasteiger partial charge in [-0.15, -0.1) is 0 Å². The van der Waals surface area contributed by atoms with Crippen LogP contribution in [0.3, 0.4) is 0 Å². The molecular formula is C28H26FNO4. The SMILES string of the molecule is O=C1c2ccc(OCc3ccccc3)cc2OC2CC12N1CCC(O)(c2ccc(F)cc2)CC1. The minimum absolute atomic E-state index is 0.0839. The molecular weight excluding hydrogens is 433 g/mol. The third kappa shape index (κ3) is 3.49. The quantitative estimate of drug-likeness (QED) is 0.610. The third-order valence-electron chi connectivity index (χ3n) is 7.51. The molecule has 0 aromatic heterocycles. The largest absolute Gasteiger partial charge is 0.489 e. The maximum Gasteiger partial charge on any atom is 0.190 e. The summed E-state index contributed by atoms with van der Waals surface area (Å²) in [6, 6.07) is 21.4. The van der Waals surface area contributed by atoms with Crippen LogP contribution >= 0.6 is 0 Å². The summed E-state index contributed by atoms with van der Waals surface area (Å²) in [5.74, 6) is 1.02. The molecule has 2 unspecified atom stereocenters. The molecule has 2 fully saturated rings. The lowest BCUT2D eigenvalue weighted by Crippen LogP contribution is -2.54. The first-order valence-electron chi connectivity index (χ1n) is 11.7. The number of nitrogens with zero attached hydrogens (tertiary/aromatic N) is 1. The van der Waals surface area contributed by atoms with E-state index in [0.717, 1.165) is 11.1 Å². The second-order valence-corrected chi connectivity index (χ2v) is 9.52. The first kappa shape index (κ1) is 21.3. The molecule has 1 saturated carbocycles. The molecule has 3 aliphatic rings. The molecule has 2 aliphatic heterocycles. The van der Waals surface area contributed by atoms with Gasteiger partial charge in [0.15, 0.2) is 5.78 Å². The fourth-order valence-corrected chi connectivity index (χ4v) is 5.41. The first-order chi connectivity index (χ1) is 16.5. The zero-order chi connectivity index (χ0) is 23.3. The lowest BCUT2D eigenvalue weighted by molar-refractivity contribution is -0.0410. The highest BCUT2D eigenvalue weighted by Gasteiger charge is 2.68. The molecule has 3 aromatic carbocycles. The van der Waals surface area contributed by atoms with E-state index in [2.05, 4.69) is 4.90 Å². The highest BCUT2D eigenvalue weighted by molar-refractivity contribution is 6.09. The van der Waals surface area contributed by atoms with Crippen LogP contribution in [-0.2, 0) is 12.2 Å². The minimum atomic E-state index is -1.01. The number of halogens is 1. The van der Waals surface area contributed by atoms with Gasteiger partial charge in [0, 0.05) is 25.6 Å². The van der Waals surface area contributed by atoms with Gasteiger partial charge in [-0.05, 0) is 48.2 Å². The van der Waals surface area contributed by atoms with Gasteiger partial charge in [-0.2, -0.15) is 0 Å². The van der Waals surface area contributed by atoms with Crippen molar-refractivity contribution in [1.29, 1.82) is 0 Å². The van der Waals surface area contributed by atoms with Crippen LogP contribution in [0.1, 0.15) is 40.7 Å². The van der Waals surface area contributed by atoms with Crippen molar-refractivity contribution in [3.05, 3.63) is 95.3 Å². The predicted molar refractivity (Wildman–Crippen MR) is 124 cm³/mol. The van der Waals surface area contributed by atoms with E-state index in [0.29, 0.717) is 56.0 Å². The third-order valence-corrected chi connectivity index (χ3v) is 7.51. The van der Waals surface area contributed by atoms with Crippen molar-refractivity contribution < 1.29 is 23.8 Å². The first-order valence-corrected chi connectivity index (χ1v) is 11.7. The number of benzene rings is 3. The van der Waals surface area contributed by atoms with Gasteiger partial charge in [0.25, 0.3) is 0 Å². The number of fused-ring (bicyclic) bond motifs is 2. The molecule has 0 amide bonds. The molecule has 0 bridgehead atoms. The Morgan fingerprint density at radius 3 is 2.50 bits per heavy atom. The molecule has 34 heavy (non-hydrogen) atoms. The lowest BCUT2D eigenvalue weighted by Gasteiger charge is -2.43. The Morgan fingerprint density at radius 1 is 1.03 bits per heavy atom. The van der Waals surface area contributed by atoms with E-state index in [1.165, 1.54) is 12.1 Å². The summed E-state index contributed by atoms with van der Waals surface area (Å²) >= 11 is 0. The molecule has 0 radical (unpaired) electrons. The van der Waals surface area contributed by atoms with Crippen LogP contribution in [0, 0.1) is 5.82 Å². The second-order valence-electron chi connectivity index (χ2n) is 9.52. The summed E-state index contributed by atoms with van der Waals surface area (Å²) in [5, 5.41) is 11.2. The highest BCUT2D eigenvalue weighted by atomic mass is 19.1. The predicted octanol–water partition coefficient (Wildman–Crippen LogP) is 4.47. The van der Waals surface area contributed by atoms with Crippen LogP contribution in [-0.4, -0.2) is 40.5 Å². The Balaban J connectivity index is 1.15. The lowest BCUT2D eigenvalue weighted by atomic mass is 9.83. The number of carbonyl (C=O) groups excluding carboxylic acids is 1. The molecule has 1 aliphatic carbocycles. The van der Waals surface area contributed by atoms with E-state index in [4.69, 9.17) is 9.47 Å². The fraction of sp³-hybridized carbons (Fsp3) is 0.321. The summed E-state index contributed by atoms with van der Waals surface area (Å²) in [4.78, 5) is 15.7. The average molecular weight is 460 g/mol. The van der Waals surface area contributed by atoms with E-state index in [-0.39, 0.29) is 17.7 Å². The molecule has 2 atom stereocenters. The summed E-state index contributed by atoms with van der Waals surface area (Å²) in [5.41, 5.74) is 0.721. The van der Waals surface area contributed by atoms with E-state index < -0.39 is 11.1 Å². The molecule has 6 heteroatoms. The molecule has 2 heterocycles. The van der Waals surface area contributed by atoms with E-state index in [1.807, 2.05) is 42.5 Å². The zero-order valence-electron chi connectivity index (χ0n) is 18.7. The summed E-state index contributed by atoms with van der Waals surface area (Å²) in [6.07, 6.45) is 1.43. The maximum atomic E-state index is 13.6. The van der Waals surface area contributed by atoms with Gasteiger partial charge in [-0.1, -0.05) is 42.5 Å². The average Bonchev–Trinajstić information content (AvgIpc) is 3.60. The second kappa shape index (κ2) is 7.93. The highest BCUT2D eigenvalue weighted by Crippen LogP contribution is 2.54. The van der Waals surface area contributed by atoms with Gasteiger partial charge in [0.05, 0.1) is 11.2 Å². The van der Waals surface area contributed by atoms with Gasteiger partial charge in [-0.25, -0.2) is 4.39 Å². The molecule has 1 saturated heterocycles. The fourth-order valence-electron chi connectivity index (χ4n) is 5.41. The Labute approximate surface area is 197 Å². The molecule has 6 rings (SSSR count). The smallest absolute Gasteiger partial charge is 0.190 e. The number of piperidine rings is 1. The zero-order valence-corrected chi connectivity index (χ0v) is 18.7. The van der Waals surface area contributed by atoms with Crippen molar-refractivity contribution in [3.8, 4) is 11.5 Å². The van der Waals surface area contributed by atoms with E-state index in [9.17, 15) is 14.3 Å². The Morgan fingerprint density at radius 2 is 1.76 bits per heavy atom. The Bertz CT molecular complexity index is 1220. The number of Topliss-reactive ketones (excluding diaryl/α,β-unsaturated/α-hetero) is 1. The van der Waals surface area contributed by atoms with Crippen LogP contribution < -0.4 is 9.47 Å². The van der Waals surface area contributed by atoms with Crippen molar-refractivity contribution >= 4 is 5.78 Å². The molecule has 1 N–H and O–H groups in total. The van der Waals surface area contributed by atoms with Crippen molar-refractivity contribution in [3.63, 3.8) is 0 Å². The van der Waals surface area contributed by atoms with Crippen LogP contribution in [0.4, 0.5) is 4.39 Å². The van der Waals surface area contributed by atoms with Gasteiger partial charge in [0.1, 0.15) is 35.6 Å². The van der Waals surface area contributed by atoms with E-state index >= 15 is 0 Å². The number of ketones is 1. The minimum Gasteiger partial charge on any atom is -0.489 e. The number of carbonyl (C=O) groups is 1. The monoisotopic (exact) mass is 459 g/mol. The Kier molecular flexibility index (Phi) is 4.97. The molecule has 174 valence electrons. The van der Waals surface area contributed by atoms with Gasteiger partial charge < -0.3 is 14.6 Å². The Hall–Kier alpha value is -3.22. The van der Waals surface area contributed by atoms with E-state index in [1.54, 1.807) is 18.2 Å². The summed E-state index contributed by atoms with van der Waals surface area (Å²) in [6.45, 7) is 1.60. The van der Waals surface area contributed by atoms with Gasteiger partial charge in [-0.3, -0.25) is 9.69 Å². The number of hydrogen-bond acceptors (Lipinski definition) is 5. The standard InChI is InChI=1S/C28H26FNO4/c29-21-8-6-20(7-9-21)27(32)12-14-30(15-13-27)28-17-25(28)34-24-16-22(10-11-23(24)26(28)31)33-18-19-4-2-1-3-5-19/h1-11,16,25,32H,12-15,17-18H2. The molecule has 3 aromatic rings. The van der Waals surface area contributed by atoms with Crippen LogP contribution in [0.25, 0.3) is 0 Å². The van der Waals surface area contributed by atoms with Crippen LogP contribution in [0.15, 0.2) is 72.8 Å². The number of hydrogen-bond donors (Lipinski definition) is 1. The van der Waals surface area contributed by atoms with Crippen LogP contribution in [0.2, 0.25) is 0 Å². The number of aliphatic hydroxyl groups is 1. The van der Waals surface area contributed by atoms with Crippen molar-refractivity contribution in [2.75, 3.05) is 13.1 Å². The van der Waals surface area contributed by atoms with Crippen molar-refractivity contribution in [2.45, 2.75) is 43.1 Å². The van der Waals surface area contributed by atoms with Gasteiger partial charge in [0.2, 0.25) is 0 Å². The van der Waals surface area contributed by atoms with Gasteiger partial charge >= 0.3 is 0 Å². The summed E-state index contributed by atoms with van der Waals surface area (Å²) in [7, 11) is 0. The van der Waals surface area contributed by atoms with Crippen molar-refractivity contribution in [1.82, 2.24) is 4.90 Å². The molecule has 0 spiro atoms. The number of ether oxygens (including phenoxy) is 2. The topological polar surface area (TPSA) is 59.0 Å². The van der Waals surface area contributed by atoms with Crippen molar-refractivity contribution in [2.24, 2.45) is 0 Å². The number of rotatable bonds is 5. The molecule has 5 nitrogen and oxygen atoms in total. The van der Waals surface area contributed by atoms with Crippen LogP contribution in [0.5, 0.6) is 11.5 Å². The number of likely N-dealkylation sites (tertiary alicyclic amines) is 1. The normalized spacial score (nSPS) is 25.1. The maximum absolute atomic E-state index is 13.6. The summed E-state index contributed by atoms with van der Waals surface area (Å²) < 4.78 is 25.4.